The van der Waals surface area contributed by atoms with Gasteiger partial charge in [0.15, 0.2) is 0 Å². The van der Waals surface area contributed by atoms with Crippen molar-refractivity contribution in [3.05, 3.63) is 36.7 Å². The van der Waals surface area contributed by atoms with Crippen molar-refractivity contribution in [3.8, 4) is 0 Å². The molecule has 1 aromatic carbocycles. The average Bonchev–Trinajstić information content (AvgIpc) is 2.58. The monoisotopic (exact) mass is 238 g/mol. The third-order valence-electron chi connectivity index (χ3n) is 2.14. The molecule has 0 unspecified atom stereocenters. The number of aromatic amines is 1. The minimum Gasteiger partial charge on any atom is -0.342 e. The van der Waals surface area contributed by atoms with Crippen molar-refractivity contribution in [3.63, 3.8) is 0 Å². The lowest BCUT2D eigenvalue weighted by Crippen LogP contribution is -1.98. The molecule has 2 aromatic rings. The fourth-order valence-corrected chi connectivity index (χ4v) is 2.15. The van der Waals surface area contributed by atoms with Gasteiger partial charge in [0.1, 0.15) is 16.2 Å². The van der Waals surface area contributed by atoms with Gasteiger partial charge in [0, 0.05) is 6.42 Å². The summed E-state index contributed by atoms with van der Waals surface area (Å²) in [6.45, 7) is 3.57. The second kappa shape index (κ2) is 3.73. The quantitative estimate of drug-likeness (QED) is 0.627. The summed E-state index contributed by atoms with van der Waals surface area (Å²) in [7, 11) is -4.24. The summed E-state index contributed by atoms with van der Waals surface area (Å²) in [5.41, 5.74) is 0.828. The van der Waals surface area contributed by atoms with Crippen LogP contribution in [0.2, 0.25) is 0 Å². The number of rotatable bonds is 3. The second-order valence-corrected chi connectivity index (χ2v) is 4.69. The van der Waals surface area contributed by atoms with Gasteiger partial charge in [0.05, 0.1) is 5.52 Å². The number of nitrogens with zero attached hydrogens (tertiary/aromatic N) is 1. The van der Waals surface area contributed by atoms with Crippen LogP contribution in [0.5, 0.6) is 0 Å². The molecule has 5 nitrogen and oxygen atoms in total. The normalized spacial score (nSPS) is 11.8. The summed E-state index contributed by atoms with van der Waals surface area (Å²) >= 11 is 0. The zero-order valence-electron chi connectivity index (χ0n) is 8.34. The Labute approximate surface area is 92.6 Å². The molecule has 0 spiro atoms. The topological polar surface area (TPSA) is 83.1 Å². The van der Waals surface area contributed by atoms with E-state index in [9.17, 15) is 8.42 Å². The number of H-pyrrole nitrogens is 1. The summed E-state index contributed by atoms with van der Waals surface area (Å²) in [5, 5.41) is 0. The Balaban J connectivity index is 2.72. The predicted molar refractivity (Wildman–Crippen MR) is 59.8 cm³/mol. The molecule has 0 radical (unpaired) electrons. The fourth-order valence-electron chi connectivity index (χ4n) is 1.50. The zero-order chi connectivity index (χ0) is 11.8. The van der Waals surface area contributed by atoms with Crippen LogP contribution >= 0.6 is 0 Å². The third-order valence-corrected chi connectivity index (χ3v) is 3.03. The maximum atomic E-state index is 11.1. The molecular weight excluding hydrogens is 228 g/mol. The SMILES string of the molecule is C=CCc1nc2c(S(=O)(=O)O)cccc2[nH]1. The highest BCUT2D eigenvalue weighted by Gasteiger charge is 2.16. The molecule has 6 heteroatoms. The van der Waals surface area contributed by atoms with E-state index in [0.717, 1.165) is 0 Å². The molecule has 0 fully saturated rings. The molecule has 0 atom stereocenters. The van der Waals surface area contributed by atoms with Gasteiger partial charge >= 0.3 is 0 Å². The van der Waals surface area contributed by atoms with Crippen molar-refractivity contribution in [1.29, 1.82) is 0 Å². The first-order chi connectivity index (χ1) is 7.52. The van der Waals surface area contributed by atoms with E-state index in [1.54, 1.807) is 18.2 Å². The Bertz CT molecular complexity index is 643. The number of aromatic nitrogens is 2. The van der Waals surface area contributed by atoms with Crippen LogP contribution in [-0.2, 0) is 16.5 Å². The number of hydrogen-bond donors (Lipinski definition) is 2. The van der Waals surface area contributed by atoms with E-state index in [1.165, 1.54) is 6.07 Å². The average molecular weight is 238 g/mol. The van der Waals surface area contributed by atoms with Crippen LogP contribution in [0.1, 0.15) is 5.82 Å². The fraction of sp³-hybridized carbons (Fsp3) is 0.100. The maximum absolute atomic E-state index is 11.1. The Morgan fingerprint density at radius 2 is 2.25 bits per heavy atom. The lowest BCUT2D eigenvalue weighted by Gasteiger charge is -1.96. The second-order valence-electron chi connectivity index (χ2n) is 3.30. The van der Waals surface area contributed by atoms with E-state index in [2.05, 4.69) is 16.5 Å². The smallest absolute Gasteiger partial charge is 0.296 e. The van der Waals surface area contributed by atoms with Gasteiger partial charge in [-0.1, -0.05) is 12.1 Å². The molecule has 0 aliphatic rings. The number of para-hydroxylation sites is 1. The highest BCUT2D eigenvalue weighted by atomic mass is 32.2. The van der Waals surface area contributed by atoms with Gasteiger partial charge in [0.2, 0.25) is 0 Å². The van der Waals surface area contributed by atoms with E-state index in [1.807, 2.05) is 0 Å². The molecule has 1 heterocycles. The van der Waals surface area contributed by atoms with Crippen molar-refractivity contribution < 1.29 is 13.0 Å². The maximum Gasteiger partial charge on any atom is 0.296 e. The summed E-state index contributed by atoms with van der Waals surface area (Å²) in [6.07, 6.45) is 2.17. The zero-order valence-corrected chi connectivity index (χ0v) is 9.16. The van der Waals surface area contributed by atoms with E-state index in [-0.39, 0.29) is 10.4 Å². The van der Waals surface area contributed by atoms with Crippen molar-refractivity contribution in [2.24, 2.45) is 0 Å². The Kier molecular flexibility index (Phi) is 2.53. The summed E-state index contributed by atoms with van der Waals surface area (Å²) in [6, 6.07) is 4.56. The molecule has 0 bridgehead atoms. The van der Waals surface area contributed by atoms with Crippen LogP contribution in [0.4, 0.5) is 0 Å². The molecule has 0 saturated heterocycles. The molecule has 16 heavy (non-hydrogen) atoms. The van der Waals surface area contributed by atoms with Crippen LogP contribution < -0.4 is 0 Å². The van der Waals surface area contributed by atoms with Gasteiger partial charge in [-0.05, 0) is 12.1 Å². The molecular formula is C10H10N2O3S. The van der Waals surface area contributed by atoms with E-state index >= 15 is 0 Å². The first-order valence-electron chi connectivity index (χ1n) is 4.58. The van der Waals surface area contributed by atoms with Crippen LogP contribution in [0.3, 0.4) is 0 Å². The predicted octanol–water partition coefficient (Wildman–Crippen LogP) is 1.54. The number of hydrogen-bond acceptors (Lipinski definition) is 3. The Morgan fingerprint density at radius 3 is 2.88 bits per heavy atom. The number of fused-ring (bicyclic) bond motifs is 1. The lowest BCUT2D eigenvalue weighted by atomic mass is 10.3. The molecule has 0 aliphatic carbocycles. The Hall–Kier alpha value is -1.66. The van der Waals surface area contributed by atoms with Crippen molar-refractivity contribution in [1.82, 2.24) is 9.97 Å². The molecule has 2 rings (SSSR count). The largest absolute Gasteiger partial charge is 0.342 e. The van der Waals surface area contributed by atoms with Gasteiger partial charge < -0.3 is 4.98 Å². The summed E-state index contributed by atoms with van der Waals surface area (Å²) in [4.78, 5) is 6.87. The molecule has 0 saturated carbocycles. The standard InChI is InChI=1S/C10H10N2O3S/c1-2-4-9-11-7-5-3-6-8(10(7)12-9)16(13,14)15/h2-3,5-6H,1,4H2,(H,11,12)(H,13,14,15). The molecule has 0 aliphatic heterocycles. The van der Waals surface area contributed by atoms with E-state index in [0.29, 0.717) is 17.8 Å². The van der Waals surface area contributed by atoms with Crippen LogP contribution in [-0.4, -0.2) is 22.9 Å². The highest BCUT2D eigenvalue weighted by Crippen LogP contribution is 2.20. The first-order valence-corrected chi connectivity index (χ1v) is 6.02. The Morgan fingerprint density at radius 1 is 1.50 bits per heavy atom. The van der Waals surface area contributed by atoms with Gasteiger partial charge in [-0.2, -0.15) is 8.42 Å². The summed E-state index contributed by atoms with van der Waals surface area (Å²) in [5.74, 6) is 0.612. The van der Waals surface area contributed by atoms with Crippen LogP contribution in [0.25, 0.3) is 11.0 Å². The molecule has 84 valence electrons. The molecule has 0 amide bonds. The van der Waals surface area contributed by atoms with E-state index in [4.69, 9.17) is 4.55 Å². The van der Waals surface area contributed by atoms with Gasteiger partial charge in [-0.3, -0.25) is 4.55 Å². The first kappa shape index (κ1) is 10.8. The van der Waals surface area contributed by atoms with Crippen molar-refractivity contribution in [2.75, 3.05) is 0 Å². The lowest BCUT2D eigenvalue weighted by molar-refractivity contribution is 0.484. The molecule has 2 N–H and O–H groups in total. The van der Waals surface area contributed by atoms with Crippen LogP contribution in [0.15, 0.2) is 35.7 Å². The van der Waals surface area contributed by atoms with E-state index < -0.39 is 10.1 Å². The van der Waals surface area contributed by atoms with Gasteiger partial charge in [-0.25, -0.2) is 4.98 Å². The van der Waals surface area contributed by atoms with Gasteiger partial charge in [-0.15, -0.1) is 6.58 Å². The third kappa shape index (κ3) is 1.84. The van der Waals surface area contributed by atoms with Crippen LogP contribution in [0, 0.1) is 0 Å². The highest BCUT2D eigenvalue weighted by molar-refractivity contribution is 7.86. The van der Waals surface area contributed by atoms with Crippen molar-refractivity contribution in [2.45, 2.75) is 11.3 Å². The number of imidazole rings is 1. The van der Waals surface area contributed by atoms with Crippen molar-refractivity contribution >= 4 is 21.2 Å². The minimum absolute atomic E-state index is 0.184. The summed E-state index contributed by atoms with van der Waals surface area (Å²) < 4.78 is 31.2. The van der Waals surface area contributed by atoms with Gasteiger partial charge in [0.25, 0.3) is 10.1 Å². The number of benzene rings is 1. The number of nitrogens with one attached hydrogen (secondary N) is 1. The minimum atomic E-state index is -4.24. The number of allylic oxidation sites excluding steroid dienone is 1. The molecule has 1 aromatic heterocycles.